The number of aromatic hydroxyl groups is 1. The maximum atomic E-state index is 13.8. The van der Waals surface area contributed by atoms with E-state index in [1.807, 2.05) is 0 Å². The topological polar surface area (TPSA) is 97.1 Å². The zero-order chi connectivity index (χ0) is 31.4. The molecule has 4 rings (SSSR count). The van der Waals surface area contributed by atoms with Crippen molar-refractivity contribution in [2.24, 2.45) is 0 Å². The van der Waals surface area contributed by atoms with Gasteiger partial charge in [0.1, 0.15) is 17.3 Å². The van der Waals surface area contributed by atoms with E-state index in [0.29, 0.717) is 12.1 Å². The molecule has 0 bridgehead atoms. The van der Waals surface area contributed by atoms with Crippen LogP contribution in [0.5, 0.6) is 5.75 Å². The first kappa shape index (κ1) is 31.1. The maximum absolute atomic E-state index is 13.8. The van der Waals surface area contributed by atoms with Crippen LogP contribution in [-0.2, 0) is 22.6 Å². The van der Waals surface area contributed by atoms with Crippen LogP contribution in [0.4, 0.5) is 37.8 Å². The lowest BCUT2D eigenvalue weighted by atomic mass is 9.81. The minimum Gasteiger partial charge on any atom is -0.507 e. The second-order valence-corrected chi connectivity index (χ2v) is 11.0. The van der Waals surface area contributed by atoms with Crippen molar-refractivity contribution in [2.75, 3.05) is 23.4 Å². The van der Waals surface area contributed by atoms with Crippen LogP contribution in [0.15, 0.2) is 54.7 Å². The van der Waals surface area contributed by atoms with E-state index >= 15 is 0 Å². The van der Waals surface area contributed by atoms with Gasteiger partial charge in [0.05, 0.1) is 34.5 Å². The van der Waals surface area contributed by atoms with Crippen molar-refractivity contribution < 1.29 is 46.5 Å². The van der Waals surface area contributed by atoms with Gasteiger partial charge in [0.15, 0.2) is 0 Å². The number of carbonyl (C=O) groups excluding carboxylic acids is 1. The molecule has 1 aliphatic rings. The Morgan fingerprint density at radius 2 is 1.52 bits per heavy atom. The van der Waals surface area contributed by atoms with Gasteiger partial charge in [0, 0.05) is 31.1 Å². The van der Waals surface area contributed by atoms with Crippen molar-refractivity contribution >= 4 is 17.4 Å². The Balaban J connectivity index is 1.83. The number of aliphatic hydroxyl groups is 2. The lowest BCUT2D eigenvalue weighted by molar-refractivity contribution is -0.143. The van der Waals surface area contributed by atoms with E-state index in [1.54, 1.807) is 18.2 Å². The Morgan fingerprint density at radius 1 is 0.976 bits per heavy atom. The van der Waals surface area contributed by atoms with Crippen molar-refractivity contribution in [2.45, 2.75) is 56.8 Å². The fourth-order valence-electron chi connectivity index (χ4n) is 5.11. The SMILES string of the molecule is CN(C(=O)C(C)(C)c1cc(C(F)(F)F)cc(C(F)(F)F)c1)c1cnc(N2CC(O)CC2(C)O)cc1-c1ccccc1O. The molecular weight excluding hydrogens is 568 g/mol. The first-order chi connectivity index (χ1) is 19.2. The monoisotopic (exact) mass is 597 g/mol. The molecule has 0 radical (unpaired) electrons. The van der Waals surface area contributed by atoms with Crippen molar-refractivity contribution in [1.82, 2.24) is 4.98 Å². The average molecular weight is 598 g/mol. The second-order valence-electron chi connectivity index (χ2n) is 11.0. The van der Waals surface area contributed by atoms with Crippen LogP contribution in [0, 0.1) is 0 Å². The molecule has 7 nitrogen and oxygen atoms in total. The van der Waals surface area contributed by atoms with Gasteiger partial charge in [0.25, 0.3) is 0 Å². The largest absolute Gasteiger partial charge is 0.507 e. The van der Waals surface area contributed by atoms with Gasteiger partial charge in [0.2, 0.25) is 5.91 Å². The third-order valence-electron chi connectivity index (χ3n) is 7.45. The highest BCUT2D eigenvalue weighted by Gasteiger charge is 2.43. The number of β-amino-alcohol motifs (C(OH)–C–C–N with tert-alkyl or cyclic N) is 1. The van der Waals surface area contributed by atoms with Gasteiger partial charge in [-0.2, -0.15) is 26.3 Å². The number of aliphatic hydroxyl groups excluding tert-OH is 1. The molecule has 0 aliphatic carbocycles. The zero-order valence-electron chi connectivity index (χ0n) is 23.0. The van der Waals surface area contributed by atoms with Gasteiger partial charge in [-0.3, -0.25) is 4.79 Å². The highest BCUT2D eigenvalue weighted by Crippen LogP contribution is 2.43. The summed E-state index contributed by atoms with van der Waals surface area (Å²) in [5.74, 6) is -0.840. The van der Waals surface area contributed by atoms with E-state index in [0.717, 1.165) is 4.90 Å². The van der Waals surface area contributed by atoms with E-state index in [9.17, 15) is 46.5 Å². The lowest BCUT2D eigenvalue weighted by Crippen LogP contribution is -2.43. The summed E-state index contributed by atoms with van der Waals surface area (Å²) in [6, 6.07) is 8.62. The fourth-order valence-corrected chi connectivity index (χ4v) is 5.11. The summed E-state index contributed by atoms with van der Waals surface area (Å²) in [6.45, 7) is 3.96. The molecule has 1 saturated heterocycles. The summed E-state index contributed by atoms with van der Waals surface area (Å²) in [7, 11) is 1.29. The number of rotatable bonds is 5. The van der Waals surface area contributed by atoms with E-state index in [2.05, 4.69) is 4.98 Å². The van der Waals surface area contributed by atoms with Crippen molar-refractivity contribution in [3.05, 3.63) is 71.4 Å². The number of para-hydroxylation sites is 1. The first-order valence-electron chi connectivity index (χ1n) is 12.8. The van der Waals surface area contributed by atoms with Crippen molar-refractivity contribution in [3.63, 3.8) is 0 Å². The number of phenolic OH excluding ortho intramolecular Hbond substituents is 1. The van der Waals surface area contributed by atoms with Crippen LogP contribution in [0.25, 0.3) is 11.1 Å². The molecule has 0 spiro atoms. The van der Waals surface area contributed by atoms with Crippen LogP contribution in [-0.4, -0.2) is 51.6 Å². The molecule has 0 saturated carbocycles. The van der Waals surface area contributed by atoms with Crippen LogP contribution in [0.1, 0.15) is 43.9 Å². The van der Waals surface area contributed by atoms with E-state index in [1.165, 1.54) is 51.0 Å². The number of benzene rings is 2. The highest BCUT2D eigenvalue weighted by molar-refractivity contribution is 6.03. The number of alkyl halides is 6. The van der Waals surface area contributed by atoms with Gasteiger partial charge < -0.3 is 25.1 Å². The molecule has 2 aromatic carbocycles. The Morgan fingerprint density at radius 3 is 2.02 bits per heavy atom. The maximum Gasteiger partial charge on any atom is 0.416 e. The van der Waals surface area contributed by atoms with Gasteiger partial charge in [-0.25, -0.2) is 4.98 Å². The Hall–Kier alpha value is -3.84. The fraction of sp³-hybridized carbons (Fsp3) is 0.379. The average Bonchev–Trinajstić information content (AvgIpc) is 3.18. The van der Waals surface area contributed by atoms with Gasteiger partial charge in [-0.05, 0) is 56.7 Å². The zero-order valence-corrected chi connectivity index (χ0v) is 23.0. The third kappa shape index (κ3) is 5.88. The lowest BCUT2D eigenvalue weighted by Gasteiger charge is -2.33. The number of aromatic nitrogens is 1. The van der Waals surface area contributed by atoms with Crippen molar-refractivity contribution in [3.8, 4) is 16.9 Å². The standard InChI is InChI=1S/C29H29F6N3O4/c1-26(2,16-9-17(28(30,31)32)11-18(10-16)29(33,34)35)25(41)37(4)22-14-36-24(38-15-19(39)13-27(38,3)42)12-21(22)20-7-5-6-8-23(20)40/h5-12,14,19,39-40,42H,13,15H2,1-4H3. The number of halogens is 6. The number of anilines is 2. The Bertz CT molecular complexity index is 1470. The number of carbonyl (C=O) groups is 1. The van der Waals surface area contributed by atoms with E-state index < -0.39 is 52.2 Å². The predicted octanol–water partition coefficient (Wildman–Crippen LogP) is 5.71. The van der Waals surface area contributed by atoms with Crippen LogP contribution < -0.4 is 9.80 Å². The minimum absolute atomic E-state index is 0.00306. The number of likely N-dealkylation sites (N-methyl/N-ethyl adjacent to an activating group) is 1. The summed E-state index contributed by atoms with van der Waals surface area (Å²) in [5, 5.41) is 31.5. The molecule has 1 aromatic heterocycles. The summed E-state index contributed by atoms with van der Waals surface area (Å²) < 4.78 is 81.2. The molecule has 2 unspecified atom stereocenters. The van der Waals surface area contributed by atoms with E-state index in [-0.39, 0.29) is 47.4 Å². The molecule has 1 amide bonds. The third-order valence-corrected chi connectivity index (χ3v) is 7.45. The summed E-state index contributed by atoms with van der Waals surface area (Å²) >= 11 is 0. The smallest absolute Gasteiger partial charge is 0.416 e. The predicted molar refractivity (Wildman–Crippen MR) is 143 cm³/mol. The molecule has 226 valence electrons. The molecule has 3 aromatic rings. The van der Waals surface area contributed by atoms with Crippen LogP contribution in [0.3, 0.4) is 0 Å². The number of amides is 1. The molecule has 13 heteroatoms. The van der Waals surface area contributed by atoms with Crippen LogP contribution in [0.2, 0.25) is 0 Å². The van der Waals surface area contributed by atoms with Gasteiger partial charge in [-0.1, -0.05) is 18.2 Å². The number of hydrogen-bond donors (Lipinski definition) is 3. The number of hydrogen-bond acceptors (Lipinski definition) is 6. The number of pyridine rings is 1. The first-order valence-corrected chi connectivity index (χ1v) is 12.8. The normalized spacial score (nSPS) is 19.7. The summed E-state index contributed by atoms with van der Waals surface area (Å²) in [6.07, 6.45) is -9.76. The quantitative estimate of drug-likeness (QED) is 0.326. The Labute approximate surface area is 237 Å². The molecule has 1 fully saturated rings. The molecular formula is C29H29F6N3O4. The molecule has 2 atom stereocenters. The molecule has 2 heterocycles. The summed E-state index contributed by atoms with van der Waals surface area (Å²) in [4.78, 5) is 20.7. The number of phenols is 1. The van der Waals surface area contributed by atoms with Gasteiger partial charge >= 0.3 is 12.4 Å². The second kappa shape index (κ2) is 10.5. The van der Waals surface area contributed by atoms with Crippen LogP contribution >= 0.6 is 0 Å². The van der Waals surface area contributed by atoms with Crippen molar-refractivity contribution in [1.29, 1.82) is 0 Å². The number of nitrogens with zero attached hydrogens (tertiary/aromatic N) is 3. The molecule has 42 heavy (non-hydrogen) atoms. The minimum atomic E-state index is -5.09. The Kier molecular flexibility index (Phi) is 7.75. The van der Waals surface area contributed by atoms with Gasteiger partial charge in [-0.15, -0.1) is 0 Å². The summed E-state index contributed by atoms with van der Waals surface area (Å²) in [5.41, 5.74) is -6.37. The molecule has 1 aliphatic heterocycles. The molecule has 3 N–H and O–H groups in total. The highest BCUT2D eigenvalue weighted by atomic mass is 19.4. The van der Waals surface area contributed by atoms with E-state index in [4.69, 9.17) is 0 Å².